The van der Waals surface area contributed by atoms with E-state index in [1.807, 2.05) is 6.20 Å². The molecule has 3 nitrogen and oxygen atoms in total. The van der Waals surface area contributed by atoms with Gasteiger partial charge in [-0.1, -0.05) is 15.9 Å². The molecule has 1 N–H and O–H groups in total. The third kappa shape index (κ3) is 3.73. The third-order valence-electron chi connectivity index (χ3n) is 3.22. The van der Waals surface area contributed by atoms with Crippen LogP contribution in [-0.4, -0.2) is 18.1 Å². The van der Waals surface area contributed by atoms with Gasteiger partial charge in [-0.25, -0.2) is 4.98 Å². The highest BCUT2D eigenvalue weighted by molar-refractivity contribution is 9.10. The van der Waals surface area contributed by atoms with Gasteiger partial charge in [-0.05, 0) is 44.5 Å². The number of thiazole rings is 1. The molecule has 2 aromatic rings. The van der Waals surface area contributed by atoms with Crippen LogP contribution >= 0.6 is 27.3 Å². The molecule has 0 radical (unpaired) electrons. The Bertz CT molecular complexity index is 564. The van der Waals surface area contributed by atoms with Crippen molar-refractivity contribution in [1.29, 1.82) is 0 Å². The van der Waals surface area contributed by atoms with Crippen LogP contribution in [0.25, 0.3) is 0 Å². The normalized spacial score (nSPS) is 10.6. The molecule has 0 aliphatic heterocycles. The second-order valence-electron chi connectivity index (χ2n) is 4.59. The second kappa shape index (κ2) is 7.09. The van der Waals surface area contributed by atoms with Crippen LogP contribution in [0.4, 0.5) is 10.8 Å². The summed E-state index contributed by atoms with van der Waals surface area (Å²) in [7, 11) is 0. The van der Waals surface area contributed by atoms with Gasteiger partial charge in [-0.2, -0.15) is 0 Å². The highest BCUT2D eigenvalue weighted by Crippen LogP contribution is 2.24. The smallest absolute Gasteiger partial charge is 0.185 e. The van der Waals surface area contributed by atoms with Gasteiger partial charge in [0, 0.05) is 34.3 Å². The van der Waals surface area contributed by atoms with E-state index in [2.05, 4.69) is 70.1 Å². The minimum Gasteiger partial charge on any atom is -0.380 e. The fourth-order valence-electron chi connectivity index (χ4n) is 2.03. The molecule has 0 atom stereocenters. The number of halogens is 1. The molecule has 108 valence electrons. The fourth-order valence-corrected chi connectivity index (χ4v) is 3.48. The minimum absolute atomic E-state index is 0.821. The monoisotopic (exact) mass is 353 g/mol. The molecule has 1 aromatic carbocycles. The SMILES string of the molecule is CCN(CC)c1ncc(CNc2ccc(Br)cc2C)s1. The second-order valence-corrected chi connectivity index (χ2v) is 6.60. The number of anilines is 2. The number of nitrogens with zero attached hydrogens (tertiary/aromatic N) is 2. The molecule has 0 spiro atoms. The minimum atomic E-state index is 0.821. The van der Waals surface area contributed by atoms with Crippen LogP contribution in [0, 0.1) is 6.92 Å². The van der Waals surface area contributed by atoms with Gasteiger partial charge >= 0.3 is 0 Å². The van der Waals surface area contributed by atoms with Crippen molar-refractivity contribution in [3.8, 4) is 0 Å². The maximum atomic E-state index is 4.50. The Balaban J connectivity index is 2.00. The number of aryl methyl sites for hydroxylation is 1. The van der Waals surface area contributed by atoms with Crippen LogP contribution in [0.5, 0.6) is 0 Å². The van der Waals surface area contributed by atoms with Crippen molar-refractivity contribution in [2.75, 3.05) is 23.3 Å². The molecule has 0 amide bonds. The van der Waals surface area contributed by atoms with Gasteiger partial charge in [-0.15, -0.1) is 11.3 Å². The maximum Gasteiger partial charge on any atom is 0.185 e. The summed E-state index contributed by atoms with van der Waals surface area (Å²) in [5, 5.41) is 4.59. The average molecular weight is 354 g/mol. The molecule has 0 saturated carbocycles. The standard InChI is InChI=1S/C15H20BrN3S/c1-4-19(5-2)15-18-10-13(20-15)9-17-14-7-6-12(16)8-11(14)3/h6-8,10,17H,4-5,9H2,1-3H3. The van der Waals surface area contributed by atoms with Crippen molar-refractivity contribution >= 4 is 38.1 Å². The molecule has 0 saturated heterocycles. The summed E-state index contributed by atoms with van der Waals surface area (Å²) in [5.74, 6) is 0. The van der Waals surface area contributed by atoms with Gasteiger partial charge in [0.1, 0.15) is 0 Å². The lowest BCUT2D eigenvalue weighted by Crippen LogP contribution is -2.21. The Morgan fingerprint density at radius 1 is 1.30 bits per heavy atom. The van der Waals surface area contributed by atoms with Gasteiger partial charge in [0.25, 0.3) is 0 Å². The molecule has 0 fully saturated rings. The van der Waals surface area contributed by atoms with E-state index in [-0.39, 0.29) is 0 Å². The fraction of sp³-hybridized carbons (Fsp3) is 0.400. The van der Waals surface area contributed by atoms with Crippen LogP contribution in [0.1, 0.15) is 24.3 Å². The van der Waals surface area contributed by atoms with Crippen molar-refractivity contribution in [3.05, 3.63) is 39.3 Å². The quantitative estimate of drug-likeness (QED) is 0.817. The lowest BCUT2D eigenvalue weighted by molar-refractivity contribution is 0.860. The predicted molar refractivity (Wildman–Crippen MR) is 91.9 cm³/mol. The lowest BCUT2D eigenvalue weighted by atomic mass is 10.2. The first-order chi connectivity index (χ1) is 9.63. The Hall–Kier alpha value is -1.07. The molecule has 1 aromatic heterocycles. The zero-order chi connectivity index (χ0) is 14.5. The average Bonchev–Trinajstić information content (AvgIpc) is 2.88. The first-order valence-corrected chi connectivity index (χ1v) is 8.44. The predicted octanol–water partition coefficient (Wildman–Crippen LogP) is 4.67. The summed E-state index contributed by atoms with van der Waals surface area (Å²) < 4.78 is 1.11. The molecular weight excluding hydrogens is 334 g/mol. The zero-order valence-corrected chi connectivity index (χ0v) is 14.5. The van der Waals surface area contributed by atoms with E-state index in [1.165, 1.54) is 16.1 Å². The molecule has 5 heteroatoms. The molecular formula is C15H20BrN3S. The van der Waals surface area contributed by atoms with Crippen molar-refractivity contribution in [2.45, 2.75) is 27.3 Å². The van der Waals surface area contributed by atoms with Crippen LogP contribution in [0.3, 0.4) is 0 Å². The zero-order valence-electron chi connectivity index (χ0n) is 12.1. The molecule has 0 bridgehead atoms. The number of benzene rings is 1. The largest absolute Gasteiger partial charge is 0.380 e. The summed E-state index contributed by atoms with van der Waals surface area (Å²) in [6.07, 6.45) is 1.97. The Morgan fingerprint density at radius 2 is 2.05 bits per heavy atom. The Morgan fingerprint density at radius 3 is 2.70 bits per heavy atom. The van der Waals surface area contributed by atoms with Gasteiger partial charge in [0.15, 0.2) is 5.13 Å². The molecule has 0 unspecified atom stereocenters. The molecule has 2 rings (SSSR count). The number of hydrogen-bond donors (Lipinski definition) is 1. The van der Waals surface area contributed by atoms with E-state index in [4.69, 9.17) is 0 Å². The highest BCUT2D eigenvalue weighted by Gasteiger charge is 2.08. The summed E-state index contributed by atoms with van der Waals surface area (Å²) in [6, 6.07) is 6.28. The summed E-state index contributed by atoms with van der Waals surface area (Å²) in [5.41, 5.74) is 2.42. The molecule has 0 aliphatic carbocycles. The number of aromatic nitrogens is 1. The van der Waals surface area contributed by atoms with Crippen molar-refractivity contribution in [3.63, 3.8) is 0 Å². The summed E-state index contributed by atoms with van der Waals surface area (Å²) in [4.78, 5) is 8.04. The van der Waals surface area contributed by atoms with Gasteiger partial charge in [0.05, 0.1) is 6.54 Å². The van der Waals surface area contributed by atoms with Crippen molar-refractivity contribution in [1.82, 2.24) is 4.98 Å². The lowest BCUT2D eigenvalue weighted by Gasteiger charge is -2.16. The van der Waals surface area contributed by atoms with Crippen molar-refractivity contribution < 1.29 is 0 Å². The molecule has 20 heavy (non-hydrogen) atoms. The van der Waals surface area contributed by atoms with Crippen LogP contribution in [0.15, 0.2) is 28.9 Å². The van der Waals surface area contributed by atoms with E-state index in [0.29, 0.717) is 0 Å². The first kappa shape index (κ1) is 15.3. The van der Waals surface area contributed by atoms with Crippen LogP contribution in [-0.2, 0) is 6.54 Å². The summed E-state index contributed by atoms with van der Waals surface area (Å²) in [6.45, 7) is 9.26. The van der Waals surface area contributed by atoms with E-state index >= 15 is 0 Å². The number of rotatable bonds is 6. The van der Waals surface area contributed by atoms with Gasteiger partial charge in [-0.3, -0.25) is 0 Å². The third-order valence-corrected chi connectivity index (χ3v) is 4.77. The molecule has 0 aliphatic rings. The van der Waals surface area contributed by atoms with Crippen molar-refractivity contribution in [2.24, 2.45) is 0 Å². The van der Waals surface area contributed by atoms with Gasteiger partial charge in [0.2, 0.25) is 0 Å². The van der Waals surface area contributed by atoms with Gasteiger partial charge < -0.3 is 10.2 Å². The Labute approximate surface area is 133 Å². The van der Waals surface area contributed by atoms with Crippen LogP contribution < -0.4 is 10.2 Å². The first-order valence-electron chi connectivity index (χ1n) is 6.83. The van der Waals surface area contributed by atoms with E-state index in [0.717, 1.165) is 29.2 Å². The Kier molecular flexibility index (Phi) is 5.43. The number of nitrogens with one attached hydrogen (secondary N) is 1. The maximum absolute atomic E-state index is 4.50. The van der Waals surface area contributed by atoms with E-state index in [1.54, 1.807) is 11.3 Å². The van der Waals surface area contributed by atoms with E-state index < -0.39 is 0 Å². The van der Waals surface area contributed by atoms with E-state index in [9.17, 15) is 0 Å². The molecule has 1 heterocycles. The number of hydrogen-bond acceptors (Lipinski definition) is 4. The topological polar surface area (TPSA) is 28.2 Å². The van der Waals surface area contributed by atoms with Crippen LogP contribution in [0.2, 0.25) is 0 Å². The highest BCUT2D eigenvalue weighted by atomic mass is 79.9. The summed E-state index contributed by atoms with van der Waals surface area (Å²) >= 11 is 5.25.